The van der Waals surface area contributed by atoms with Gasteiger partial charge in [-0.25, -0.2) is 4.98 Å². The maximum absolute atomic E-state index is 13.1. The molecule has 0 saturated carbocycles. The molecule has 1 atom stereocenters. The fourth-order valence-corrected chi connectivity index (χ4v) is 3.68. The first-order valence-corrected chi connectivity index (χ1v) is 8.86. The molecule has 0 aliphatic carbocycles. The summed E-state index contributed by atoms with van der Waals surface area (Å²) in [6.07, 6.45) is -1.33. The summed E-state index contributed by atoms with van der Waals surface area (Å²) in [4.78, 5) is 11.6. The van der Waals surface area contributed by atoms with E-state index in [-0.39, 0.29) is 11.8 Å². The van der Waals surface area contributed by atoms with E-state index < -0.39 is 11.9 Å². The molecule has 0 radical (unpaired) electrons. The molecule has 8 heteroatoms. The Kier molecular flexibility index (Phi) is 6.00. The molecule has 0 spiro atoms. The molecule has 2 heterocycles. The van der Waals surface area contributed by atoms with Gasteiger partial charge < -0.3 is 9.80 Å². The van der Waals surface area contributed by atoms with E-state index in [9.17, 15) is 13.2 Å². The summed E-state index contributed by atoms with van der Waals surface area (Å²) in [6, 6.07) is 1.000. The third-order valence-electron chi connectivity index (χ3n) is 3.76. The molecule has 1 aromatic rings. The van der Waals surface area contributed by atoms with Crippen LogP contribution in [0.4, 0.5) is 24.9 Å². The number of hydrogen-bond donors (Lipinski definition) is 0. The SMILES string of the molecule is CCSC1CCCCN(c2nc(N(C)C)cc(C(F)(F)F)n2)C1. The van der Waals surface area contributed by atoms with Crippen molar-refractivity contribution in [3.63, 3.8) is 0 Å². The van der Waals surface area contributed by atoms with Crippen molar-refractivity contribution in [2.45, 2.75) is 37.6 Å². The van der Waals surface area contributed by atoms with Gasteiger partial charge in [0.25, 0.3) is 0 Å². The van der Waals surface area contributed by atoms with Gasteiger partial charge in [0.05, 0.1) is 0 Å². The molecule has 130 valence electrons. The van der Waals surface area contributed by atoms with Crippen LogP contribution in [-0.4, -0.2) is 48.2 Å². The number of nitrogens with zero attached hydrogens (tertiary/aromatic N) is 4. The summed E-state index contributed by atoms with van der Waals surface area (Å²) in [5.74, 6) is 1.48. The van der Waals surface area contributed by atoms with Crippen molar-refractivity contribution in [3.05, 3.63) is 11.8 Å². The van der Waals surface area contributed by atoms with Crippen LogP contribution in [0.2, 0.25) is 0 Å². The van der Waals surface area contributed by atoms with E-state index in [1.165, 1.54) is 0 Å². The highest BCUT2D eigenvalue weighted by molar-refractivity contribution is 7.99. The third kappa shape index (κ3) is 4.89. The van der Waals surface area contributed by atoms with E-state index >= 15 is 0 Å². The van der Waals surface area contributed by atoms with Crippen LogP contribution in [0.5, 0.6) is 0 Å². The lowest BCUT2D eigenvalue weighted by atomic mass is 10.2. The molecular weight excluding hydrogens is 325 g/mol. The second-order valence-electron chi connectivity index (χ2n) is 5.82. The number of rotatable bonds is 4. The Morgan fingerprint density at radius 2 is 2.04 bits per heavy atom. The zero-order valence-electron chi connectivity index (χ0n) is 13.7. The van der Waals surface area contributed by atoms with Crippen LogP contribution in [0, 0.1) is 0 Å². The molecule has 0 aromatic carbocycles. The van der Waals surface area contributed by atoms with Crippen molar-refractivity contribution < 1.29 is 13.2 Å². The summed E-state index contributed by atoms with van der Waals surface area (Å²) >= 11 is 1.85. The lowest BCUT2D eigenvalue weighted by Gasteiger charge is -2.26. The van der Waals surface area contributed by atoms with Crippen molar-refractivity contribution >= 4 is 23.5 Å². The minimum atomic E-state index is -4.47. The zero-order chi connectivity index (χ0) is 17.0. The fraction of sp³-hybridized carbons (Fsp3) is 0.733. The normalized spacial score (nSPS) is 19.6. The largest absolute Gasteiger partial charge is 0.433 e. The summed E-state index contributed by atoms with van der Waals surface area (Å²) in [6.45, 7) is 3.51. The summed E-state index contributed by atoms with van der Waals surface area (Å²) in [7, 11) is 3.37. The number of alkyl halides is 3. The van der Waals surface area contributed by atoms with Gasteiger partial charge in [-0.15, -0.1) is 0 Å². The zero-order valence-corrected chi connectivity index (χ0v) is 14.5. The van der Waals surface area contributed by atoms with Crippen LogP contribution in [0.3, 0.4) is 0 Å². The van der Waals surface area contributed by atoms with Gasteiger partial charge in [0, 0.05) is 38.5 Å². The number of anilines is 2. The molecule has 2 rings (SSSR count). The summed E-state index contributed by atoms with van der Waals surface area (Å²) < 4.78 is 39.4. The lowest BCUT2D eigenvalue weighted by molar-refractivity contribution is -0.141. The quantitative estimate of drug-likeness (QED) is 0.829. The highest BCUT2D eigenvalue weighted by atomic mass is 32.2. The molecule has 1 unspecified atom stereocenters. The predicted octanol–water partition coefficient (Wildman–Crippen LogP) is 3.67. The maximum Gasteiger partial charge on any atom is 0.433 e. The Morgan fingerprint density at radius 1 is 1.30 bits per heavy atom. The Hall–Kier alpha value is -1.18. The molecule has 1 aliphatic rings. The first-order valence-electron chi connectivity index (χ1n) is 7.81. The van der Waals surface area contributed by atoms with Gasteiger partial charge in [-0.3, -0.25) is 0 Å². The summed E-state index contributed by atoms with van der Waals surface area (Å²) in [5, 5.41) is 0.420. The number of halogens is 3. The van der Waals surface area contributed by atoms with Crippen LogP contribution < -0.4 is 9.80 Å². The van der Waals surface area contributed by atoms with E-state index in [0.717, 1.165) is 31.1 Å². The second-order valence-corrected chi connectivity index (χ2v) is 7.40. The Labute approximate surface area is 139 Å². The van der Waals surface area contributed by atoms with Crippen molar-refractivity contribution in [1.29, 1.82) is 0 Å². The monoisotopic (exact) mass is 348 g/mol. The molecule has 1 aliphatic heterocycles. The van der Waals surface area contributed by atoms with Crippen molar-refractivity contribution in [3.8, 4) is 0 Å². The molecule has 1 saturated heterocycles. The minimum absolute atomic E-state index is 0.187. The average Bonchev–Trinajstić information content (AvgIpc) is 2.72. The Balaban J connectivity index is 2.34. The molecular formula is C15H23F3N4S. The van der Waals surface area contributed by atoms with Gasteiger partial charge in [-0.2, -0.15) is 29.9 Å². The smallest absolute Gasteiger partial charge is 0.363 e. The first kappa shape index (κ1) is 18.2. The van der Waals surface area contributed by atoms with Crippen LogP contribution in [0.1, 0.15) is 31.9 Å². The molecule has 4 nitrogen and oxygen atoms in total. The van der Waals surface area contributed by atoms with Crippen LogP contribution >= 0.6 is 11.8 Å². The van der Waals surface area contributed by atoms with E-state index in [1.807, 2.05) is 16.7 Å². The van der Waals surface area contributed by atoms with Gasteiger partial charge in [0.15, 0.2) is 5.69 Å². The van der Waals surface area contributed by atoms with Gasteiger partial charge in [-0.1, -0.05) is 13.3 Å². The highest BCUT2D eigenvalue weighted by Gasteiger charge is 2.34. The summed E-state index contributed by atoms with van der Waals surface area (Å²) in [5.41, 5.74) is -0.879. The van der Waals surface area contributed by atoms with Gasteiger partial charge in [-0.05, 0) is 18.6 Å². The van der Waals surface area contributed by atoms with Gasteiger partial charge in [0.1, 0.15) is 5.82 Å². The molecule has 1 aromatic heterocycles. The Morgan fingerprint density at radius 3 is 2.65 bits per heavy atom. The standard InChI is InChI=1S/C15H23F3N4S/c1-4-23-11-7-5-6-8-22(10-11)14-19-12(15(16,17)18)9-13(20-14)21(2)3/h9,11H,4-8,10H2,1-3H3. The van der Waals surface area contributed by atoms with Crippen LogP contribution in [0.25, 0.3) is 0 Å². The fourth-order valence-electron chi connectivity index (χ4n) is 2.59. The van der Waals surface area contributed by atoms with E-state index in [1.54, 1.807) is 19.0 Å². The van der Waals surface area contributed by atoms with E-state index in [4.69, 9.17) is 0 Å². The molecule has 0 bridgehead atoms. The molecule has 0 N–H and O–H groups in total. The first-order chi connectivity index (χ1) is 10.8. The lowest BCUT2D eigenvalue weighted by Crippen LogP contribution is -2.32. The Bertz CT molecular complexity index is 522. The molecule has 1 fully saturated rings. The van der Waals surface area contributed by atoms with Crippen LogP contribution in [-0.2, 0) is 6.18 Å². The predicted molar refractivity (Wildman–Crippen MR) is 89.3 cm³/mol. The van der Waals surface area contributed by atoms with E-state index in [0.29, 0.717) is 18.3 Å². The average molecular weight is 348 g/mol. The molecule has 23 heavy (non-hydrogen) atoms. The van der Waals surface area contributed by atoms with Crippen molar-refractivity contribution in [1.82, 2.24) is 9.97 Å². The third-order valence-corrected chi connectivity index (χ3v) is 4.95. The van der Waals surface area contributed by atoms with Gasteiger partial charge >= 0.3 is 6.18 Å². The number of hydrogen-bond acceptors (Lipinski definition) is 5. The maximum atomic E-state index is 13.1. The topological polar surface area (TPSA) is 32.3 Å². The number of aromatic nitrogens is 2. The van der Waals surface area contributed by atoms with Crippen LogP contribution in [0.15, 0.2) is 6.07 Å². The highest BCUT2D eigenvalue weighted by Crippen LogP contribution is 2.32. The van der Waals surface area contributed by atoms with Gasteiger partial charge in [0.2, 0.25) is 5.95 Å². The minimum Gasteiger partial charge on any atom is -0.363 e. The molecule has 0 amide bonds. The van der Waals surface area contributed by atoms with E-state index in [2.05, 4.69) is 16.9 Å². The second kappa shape index (κ2) is 7.59. The number of thioether (sulfide) groups is 1. The van der Waals surface area contributed by atoms with Crippen molar-refractivity contribution in [2.75, 3.05) is 42.7 Å². The van der Waals surface area contributed by atoms with Crippen molar-refractivity contribution in [2.24, 2.45) is 0 Å².